The highest BCUT2D eigenvalue weighted by molar-refractivity contribution is 5.94. The van der Waals surface area contributed by atoms with Crippen molar-refractivity contribution in [3.05, 3.63) is 36.0 Å². The topological polar surface area (TPSA) is 227 Å². The molecule has 0 radical (unpaired) electrons. The summed E-state index contributed by atoms with van der Waals surface area (Å²) in [5.74, 6) is -4.24. The predicted molar refractivity (Wildman–Crippen MR) is 115 cm³/mol. The highest BCUT2D eigenvalue weighted by atomic mass is 16.4. The summed E-state index contributed by atoms with van der Waals surface area (Å²) in [6, 6.07) is 1.45. The number of carboxylic acid groups (broad SMARTS) is 1. The van der Waals surface area contributed by atoms with E-state index in [1.807, 2.05) is 12.1 Å². The quantitative estimate of drug-likeness (QED) is 0.152. The number of hydrogen-bond donors (Lipinski definition) is 9. The molecule has 0 aliphatic carbocycles. The number of carbonyl (C=O) groups excluding carboxylic acids is 3. The highest BCUT2D eigenvalue weighted by Crippen LogP contribution is 2.19. The largest absolute Gasteiger partial charge is 0.480 e. The first kappa shape index (κ1) is 25.7. The van der Waals surface area contributed by atoms with Crippen molar-refractivity contribution in [1.82, 2.24) is 20.9 Å². The summed E-state index contributed by atoms with van der Waals surface area (Å²) < 4.78 is 0. The first-order valence-electron chi connectivity index (χ1n) is 9.98. The summed E-state index contributed by atoms with van der Waals surface area (Å²) in [7, 11) is 0. The van der Waals surface area contributed by atoms with Gasteiger partial charge in [-0.2, -0.15) is 0 Å². The molecule has 13 heteroatoms. The van der Waals surface area contributed by atoms with E-state index in [1.165, 1.54) is 0 Å². The number of para-hydroxylation sites is 1. The number of aliphatic hydroxyl groups is 3. The lowest BCUT2D eigenvalue weighted by Crippen LogP contribution is -2.59. The van der Waals surface area contributed by atoms with E-state index >= 15 is 0 Å². The molecule has 4 atom stereocenters. The number of nitrogens with one attached hydrogen (secondary N) is 4. The Morgan fingerprint density at radius 3 is 1.94 bits per heavy atom. The minimum absolute atomic E-state index is 0.0639. The predicted octanol–water partition coefficient (Wildman–Crippen LogP) is -3.45. The van der Waals surface area contributed by atoms with E-state index in [-0.39, 0.29) is 6.42 Å². The van der Waals surface area contributed by atoms with Crippen molar-refractivity contribution in [2.75, 3.05) is 19.8 Å². The van der Waals surface area contributed by atoms with Crippen LogP contribution in [-0.4, -0.2) is 93.1 Å². The maximum Gasteiger partial charge on any atom is 0.326 e. The zero-order valence-electron chi connectivity index (χ0n) is 17.5. The second-order valence-corrected chi connectivity index (χ2v) is 7.24. The molecule has 0 aliphatic rings. The summed E-state index contributed by atoms with van der Waals surface area (Å²) in [5.41, 5.74) is 6.77. The Bertz CT molecular complexity index is 994. The zero-order valence-corrected chi connectivity index (χ0v) is 17.5. The maximum atomic E-state index is 12.5. The molecule has 1 aromatic heterocycles. The fraction of sp³-hybridized carbons (Fsp3) is 0.400. The van der Waals surface area contributed by atoms with Crippen LogP contribution in [0.1, 0.15) is 5.56 Å². The number of aliphatic carboxylic acids is 1. The summed E-state index contributed by atoms with van der Waals surface area (Å²) in [6.07, 6.45) is 1.56. The van der Waals surface area contributed by atoms with Gasteiger partial charge in [0.2, 0.25) is 17.7 Å². The van der Waals surface area contributed by atoms with Crippen LogP contribution < -0.4 is 21.7 Å². The first-order chi connectivity index (χ1) is 15.7. The number of nitrogens with two attached hydrogens (primary N) is 1. The van der Waals surface area contributed by atoms with E-state index in [4.69, 9.17) is 10.8 Å². The molecule has 13 nitrogen and oxygen atoms in total. The Kier molecular flexibility index (Phi) is 9.30. The van der Waals surface area contributed by atoms with Crippen molar-refractivity contribution in [1.29, 1.82) is 0 Å². The number of carbonyl (C=O) groups is 4. The maximum absolute atomic E-state index is 12.5. The molecule has 4 unspecified atom stereocenters. The molecular weight excluding hydrogens is 438 g/mol. The molecule has 180 valence electrons. The van der Waals surface area contributed by atoms with Gasteiger partial charge in [-0.1, -0.05) is 18.2 Å². The van der Waals surface area contributed by atoms with Crippen LogP contribution >= 0.6 is 0 Å². The lowest BCUT2D eigenvalue weighted by atomic mass is 10.0. The van der Waals surface area contributed by atoms with E-state index in [1.54, 1.807) is 18.3 Å². The van der Waals surface area contributed by atoms with Crippen molar-refractivity contribution in [3.8, 4) is 0 Å². The monoisotopic (exact) mass is 465 g/mol. The van der Waals surface area contributed by atoms with Gasteiger partial charge < -0.3 is 47.1 Å². The number of hydrogen-bond acceptors (Lipinski definition) is 8. The van der Waals surface area contributed by atoms with Crippen LogP contribution in [0.25, 0.3) is 10.9 Å². The van der Waals surface area contributed by atoms with Crippen LogP contribution in [0.5, 0.6) is 0 Å². The van der Waals surface area contributed by atoms with Gasteiger partial charge in [0.15, 0.2) is 0 Å². The number of aromatic nitrogens is 1. The normalized spacial score (nSPS) is 14.7. The van der Waals surface area contributed by atoms with Crippen LogP contribution in [0, 0.1) is 0 Å². The Hall–Kier alpha value is -3.52. The number of fused-ring (bicyclic) bond motifs is 1. The SMILES string of the molecule is NC(CO)C(=O)NC(CO)C(=O)NC(CO)C(=O)NC(Cc1c[nH]c2ccccc12)C(=O)O. The Balaban J connectivity index is 2.05. The molecule has 0 spiro atoms. The summed E-state index contributed by atoms with van der Waals surface area (Å²) in [6.45, 7) is -2.42. The standard InChI is InChI=1S/C20H27N5O8/c21-12(7-26)17(29)24-15(8-27)19(31)25-16(9-28)18(30)23-14(20(32)33)5-10-6-22-13-4-2-1-3-11(10)13/h1-4,6,12,14-16,22,26-28H,5,7-9,21H2,(H,23,30)(H,24,29)(H,25,31)(H,32,33). The Labute approximate surface area is 188 Å². The van der Waals surface area contributed by atoms with Crippen LogP contribution in [0.15, 0.2) is 30.5 Å². The van der Waals surface area contributed by atoms with Gasteiger partial charge in [-0.25, -0.2) is 4.79 Å². The van der Waals surface area contributed by atoms with Crippen LogP contribution in [0.2, 0.25) is 0 Å². The fourth-order valence-corrected chi connectivity index (χ4v) is 3.01. The van der Waals surface area contributed by atoms with E-state index in [9.17, 15) is 34.5 Å². The van der Waals surface area contributed by atoms with Crippen molar-refractivity contribution in [2.45, 2.75) is 30.6 Å². The van der Waals surface area contributed by atoms with Gasteiger partial charge in [0.05, 0.1) is 19.8 Å². The van der Waals surface area contributed by atoms with Gasteiger partial charge in [-0.05, 0) is 11.6 Å². The molecule has 0 fully saturated rings. The van der Waals surface area contributed by atoms with Gasteiger partial charge in [0.1, 0.15) is 24.2 Å². The van der Waals surface area contributed by atoms with Crippen LogP contribution in [0.3, 0.4) is 0 Å². The molecule has 33 heavy (non-hydrogen) atoms. The zero-order chi connectivity index (χ0) is 24.5. The Morgan fingerprint density at radius 2 is 1.39 bits per heavy atom. The van der Waals surface area contributed by atoms with E-state index < -0.39 is 67.7 Å². The minimum Gasteiger partial charge on any atom is -0.480 e. The van der Waals surface area contributed by atoms with Gasteiger partial charge in [0, 0.05) is 23.5 Å². The first-order valence-corrected chi connectivity index (χ1v) is 9.98. The summed E-state index contributed by atoms with van der Waals surface area (Å²) in [4.78, 5) is 51.3. The number of carboxylic acids is 1. The molecule has 0 saturated heterocycles. The van der Waals surface area contributed by atoms with Gasteiger partial charge >= 0.3 is 5.97 Å². The number of aromatic amines is 1. The molecule has 0 saturated carbocycles. The molecule has 0 bridgehead atoms. The third-order valence-electron chi connectivity index (χ3n) is 4.88. The van der Waals surface area contributed by atoms with Crippen molar-refractivity contribution < 1.29 is 39.6 Å². The third-order valence-corrected chi connectivity index (χ3v) is 4.88. The Morgan fingerprint density at radius 1 is 0.848 bits per heavy atom. The van der Waals surface area contributed by atoms with Crippen molar-refractivity contribution >= 4 is 34.6 Å². The number of H-pyrrole nitrogens is 1. The molecule has 0 aliphatic heterocycles. The smallest absolute Gasteiger partial charge is 0.326 e. The number of amides is 3. The molecule has 1 heterocycles. The number of benzene rings is 1. The van der Waals surface area contributed by atoms with Crippen molar-refractivity contribution in [2.24, 2.45) is 5.73 Å². The number of rotatable bonds is 12. The van der Waals surface area contributed by atoms with Gasteiger partial charge in [0.25, 0.3) is 0 Å². The second kappa shape index (κ2) is 11.9. The molecule has 2 rings (SSSR count). The molecule has 3 amide bonds. The summed E-state index contributed by atoms with van der Waals surface area (Å²) >= 11 is 0. The molecular formula is C20H27N5O8. The van der Waals surface area contributed by atoms with Crippen molar-refractivity contribution in [3.63, 3.8) is 0 Å². The van der Waals surface area contributed by atoms with Gasteiger partial charge in [-0.3, -0.25) is 14.4 Å². The van der Waals surface area contributed by atoms with Gasteiger partial charge in [-0.15, -0.1) is 0 Å². The highest BCUT2D eigenvalue weighted by Gasteiger charge is 2.30. The second-order valence-electron chi connectivity index (χ2n) is 7.24. The average Bonchev–Trinajstić information content (AvgIpc) is 3.22. The lowest BCUT2D eigenvalue weighted by Gasteiger charge is -2.23. The fourth-order valence-electron chi connectivity index (χ4n) is 3.01. The van der Waals surface area contributed by atoms with E-state index in [0.29, 0.717) is 5.56 Å². The molecule has 1 aromatic carbocycles. The molecule has 10 N–H and O–H groups in total. The van der Waals surface area contributed by atoms with E-state index in [2.05, 4.69) is 20.9 Å². The van der Waals surface area contributed by atoms with Crippen LogP contribution in [-0.2, 0) is 25.6 Å². The summed E-state index contributed by atoms with van der Waals surface area (Å²) in [5, 5.41) is 44.6. The third kappa shape index (κ3) is 6.73. The molecule has 2 aromatic rings. The minimum atomic E-state index is -1.56. The lowest BCUT2D eigenvalue weighted by molar-refractivity contribution is -0.142. The van der Waals surface area contributed by atoms with Crippen LogP contribution in [0.4, 0.5) is 0 Å². The van der Waals surface area contributed by atoms with E-state index in [0.717, 1.165) is 10.9 Å². The number of aliphatic hydroxyl groups excluding tert-OH is 3. The average molecular weight is 465 g/mol.